The summed E-state index contributed by atoms with van der Waals surface area (Å²) in [7, 11) is 5.65. The average Bonchev–Trinajstić information content (AvgIpc) is 2.67. The molecule has 0 N–H and O–H groups in total. The van der Waals surface area contributed by atoms with E-state index in [2.05, 4.69) is 22.3 Å². The summed E-state index contributed by atoms with van der Waals surface area (Å²) in [6.45, 7) is 0. The topological polar surface area (TPSA) is 51.1 Å². The fourth-order valence-electron chi connectivity index (χ4n) is 2.96. The van der Waals surface area contributed by atoms with Crippen molar-refractivity contribution in [2.75, 3.05) is 26.1 Å². The van der Waals surface area contributed by atoms with E-state index >= 15 is 0 Å². The van der Waals surface area contributed by atoms with Crippen molar-refractivity contribution < 1.29 is 4.74 Å². The zero-order valence-electron chi connectivity index (χ0n) is 14.4. The van der Waals surface area contributed by atoms with E-state index in [1.165, 1.54) is 0 Å². The van der Waals surface area contributed by atoms with Crippen molar-refractivity contribution in [2.24, 2.45) is 0 Å². The molecule has 0 saturated carbocycles. The zero-order chi connectivity index (χ0) is 17.4. The molecule has 0 aliphatic carbocycles. The number of hydrogen-bond donors (Lipinski definition) is 0. The standard InChI is InChI=1S/C20H18N4O/c1-24(2)20-16-7-5-4-6-15(16)19-18(21-20)12-17(22-23-19)13-8-10-14(25-3)11-9-13/h4-12H,1-3H3. The monoisotopic (exact) mass is 330 g/mol. The molecule has 2 aromatic carbocycles. The molecule has 4 aromatic rings. The molecule has 5 nitrogen and oxygen atoms in total. The van der Waals surface area contributed by atoms with Crippen LogP contribution in [-0.2, 0) is 0 Å². The third-order valence-corrected chi connectivity index (χ3v) is 4.23. The predicted octanol–water partition coefficient (Wildman–Crippen LogP) is 3.92. The van der Waals surface area contributed by atoms with E-state index in [-0.39, 0.29) is 0 Å². The van der Waals surface area contributed by atoms with Crippen LogP contribution in [0.3, 0.4) is 0 Å². The van der Waals surface area contributed by atoms with Crippen molar-refractivity contribution in [3.05, 3.63) is 54.6 Å². The summed E-state index contributed by atoms with van der Waals surface area (Å²) in [5.74, 6) is 1.74. The van der Waals surface area contributed by atoms with Crippen LogP contribution in [0.2, 0.25) is 0 Å². The molecular formula is C20H18N4O. The number of methoxy groups -OCH3 is 1. The third kappa shape index (κ3) is 2.63. The first-order valence-corrected chi connectivity index (χ1v) is 8.05. The number of fused-ring (bicyclic) bond motifs is 3. The maximum Gasteiger partial charge on any atom is 0.136 e. The lowest BCUT2D eigenvalue weighted by molar-refractivity contribution is 0.415. The summed E-state index contributed by atoms with van der Waals surface area (Å²) in [6.07, 6.45) is 0. The minimum absolute atomic E-state index is 0.794. The van der Waals surface area contributed by atoms with E-state index in [0.29, 0.717) is 0 Å². The highest BCUT2D eigenvalue weighted by molar-refractivity contribution is 6.08. The van der Waals surface area contributed by atoms with Gasteiger partial charge in [0.1, 0.15) is 17.1 Å². The SMILES string of the molecule is COc1ccc(-c2cc3nc(N(C)C)c4ccccc4c3nn2)cc1. The Labute approximate surface area is 145 Å². The third-order valence-electron chi connectivity index (χ3n) is 4.23. The van der Waals surface area contributed by atoms with Gasteiger partial charge in [0.15, 0.2) is 0 Å². The molecule has 0 aliphatic heterocycles. The molecule has 2 aromatic heterocycles. The Hall–Kier alpha value is -3.21. The molecule has 25 heavy (non-hydrogen) atoms. The van der Waals surface area contributed by atoms with Gasteiger partial charge in [0.25, 0.3) is 0 Å². The second-order valence-electron chi connectivity index (χ2n) is 6.07. The summed E-state index contributed by atoms with van der Waals surface area (Å²) in [5.41, 5.74) is 3.43. The first-order valence-electron chi connectivity index (χ1n) is 8.05. The molecule has 0 amide bonds. The minimum atomic E-state index is 0.794. The molecule has 0 spiro atoms. The van der Waals surface area contributed by atoms with E-state index in [9.17, 15) is 0 Å². The lowest BCUT2D eigenvalue weighted by atomic mass is 10.1. The van der Waals surface area contributed by atoms with Crippen LogP contribution in [0.1, 0.15) is 0 Å². The van der Waals surface area contributed by atoms with E-state index < -0.39 is 0 Å². The van der Waals surface area contributed by atoms with Gasteiger partial charge in [-0.05, 0) is 30.3 Å². The predicted molar refractivity (Wildman–Crippen MR) is 101 cm³/mol. The van der Waals surface area contributed by atoms with Gasteiger partial charge in [-0.15, -0.1) is 10.2 Å². The molecule has 124 valence electrons. The molecule has 0 bridgehead atoms. The summed E-state index contributed by atoms with van der Waals surface area (Å²) in [5, 5.41) is 11.0. The van der Waals surface area contributed by atoms with Gasteiger partial charge in [0.05, 0.1) is 18.3 Å². The van der Waals surface area contributed by atoms with Crippen LogP contribution in [0.4, 0.5) is 5.82 Å². The van der Waals surface area contributed by atoms with Crippen molar-refractivity contribution in [3.8, 4) is 17.0 Å². The van der Waals surface area contributed by atoms with Crippen LogP contribution >= 0.6 is 0 Å². The molecule has 0 unspecified atom stereocenters. The molecule has 0 radical (unpaired) electrons. The Bertz CT molecular complexity index is 1060. The van der Waals surface area contributed by atoms with Crippen LogP contribution < -0.4 is 9.64 Å². The van der Waals surface area contributed by atoms with Crippen molar-refractivity contribution in [2.45, 2.75) is 0 Å². The number of ether oxygens (including phenoxy) is 1. The Balaban J connectivity index is 1.94. The lowest BCUT2D eigenvalue weighted by Gasteiger charge is -2.15. The van der Waals surface area contributed by atoms with E-state index in [1.54, 1.807) is 7.11 Å². The van der Waals surface area contributed by atoms with Gasteiger partial charge in [-0.1, -0.05) is 24.3 Å². The van der Waals surface area contributed by atoms with Crippen LogP contribution in [-0.4, -0.2) is 36.4 Å². The highest BCUT2D eigenvalue weighted by Crippen LogP contribution is 2.30. The molecule has 5 heteroatoms. The second-order valence-corrected chi connectivity index (χ2v) is 6.07. The zero-order valence-corrected chi connectivity index (χ0v) is 14.4. The highest BCUT2D eigenvalue weighted by Gasteiger charge is 2.12. The normalized spacial score (nSPS) is 11.0. The Morgan fingerprint density at radius 1 is 0.880 bits per heavy atom. The van der Waals surface area contributed by atoms with Gasteiger partial charge >= 0.3 is 0 Å². The molecule has 0 saturated heterocycles. The largest absolute Gasteiger partial charge is 0.497 e. The lowest BCUT2D eigenvalue weighted by Crippen LogP contribution is -2.11. The van der Waals surface area contributed by atoms with Gasteiger partial charge in [-0.25, -0.2) is 4.98 Å². The first kappa shape index (κ1) is 15.3. The molecule has 4 rings (SSSR count). The second kappa shape index (κ2) is 6.02. The van der Waals surface area contributed by atoms with Gasteiger partial charge < -0.3 is 9.64 Å². The molecule has 0 aliphatic rings. The summed E-state index contributed by atoms with van der Waals surface area (Å²) in [4.78, 5) is 6.84. The molecule has 0 fully saturated rings. The Morgan fingerprint density at radius 3 is 2.28 bits per heavy atom. The first-order chi connectivity index (χ1) is 12.2. The van der Waals surface area contributed by atoms with Gasteiger partial charge in [0, 0.05) is 30.4 Å². The highest BCUT2D eigenvalue weighted by atomic mass is 16.5. The van der Waals surface area contributed by atoms with Crippen LogP contribution in [0.15, 0.2) is 54.6 Å². The minimum Gasteiger partial charge on any atom is -0.497 e. The average molecular weight is 330 g/mol. The maximum absolute atomic E-state index is 5.21. The number of nitrogens with zero attached hydrogens (tertiary/aromatic N) is 4. The van der Waals surface area contributed by atoms with E-state index in [4.69, 9.17) is 9.72 Å². The van der Waals surface area contributed by atoms with Crippen LogP contribution in [0, 0.1) is 0 Å². The molecule has 0 atom stereocenters. The number of hydrogen-bond acceptors (Lipinski definition) is 5. The van der Waals surface area contributed by atoms with Crippen molar-refractivity contribution in [1.29, 1.82) is 0 Å². The van der Waals surface area contributed by atoms with Gasteiger partial charge in [-0.3, -0.25) is 0 Å². The number of aromatic nitrogens is 3. The number of anilines is 1. The Kier molecular flexibility index (Phi) is 3.69. The van der Waals surface area contributed by atoms with Gasteiger partial charge in [-0.2, -0.15) is 0 Å². The molecular weight excluding hydrogens is 312 g/mol. The van der Waals surface area contributed by atoms with Crippen LogP contribution in [0.5, 0.6) is 5.75 Å². The fraction of sp³-hybridized carbons (Fsp3) is 0.150. The maximum atomic E-state index is 5.21. The smallest absolute Gasteiger partial charge is 0.136 e. The summed E-state index contributed by atoms with van der Waals surface area (Å²) in [6, 6.07) is 17.9. The summed E-state index contributed by atoms with van der Waals surface area (Å²) >= 11 is 0. The number of pyridine rings is 1. The van der Waals surface area contributed by atoms with E-state index in [1.807, 2.05) is 61.5 Å². The van der Waals surface area contributed by atoms with Crippen molar-refractivity contribution >= 4 is 27.6 Å². The fourth-order valence-corrected chi connectivity index (χ4v) is 2.96. The van der Waals surface area contributed by atoms with E-state index in [0.717, 1.165) is 44.6 Å². The number of rotatable bonds is 3. The number of benzene rings is 2. The van der Waals surface area contributed by atoms with Crippen LogP contribution in [0.25, 0.3) is 33.1 Å². The van der Waals surface area contributed by atoms with Crippen molar-refractivity contribution in [3.63, 3.8) is 0 Å². The van der Waals surface area contributed by atoms with Gasteiger partial charge in [0.2, 0.25) is 0 Å². The summed E-state index contributed by atoms with van der Waals surface area (Å²) < 4.78 is 5.21. The Morgan fingerprint density at radius 2 is 1.60 bits per heavy atom. The van der Waals surface area contributed by atoms with Crippen molar-refractivity contribution in [1.82, 2.24) is 15.2 Å². The molecule has 2 heterocycles. The quantitative estimate of drug-likeness (QED) is 0.533.